The minimum Gasteiger partial charge on any atom is -0.493 e. The van der Waals surface area contributed by atoms with E-state index >= 15 is 0 Å². The van der Waals surface area contributed by atoms with Crippen molar-refractivity contribution in [3.05, 3.63) is 77.6 Å². The standard InChI is InChI=1S/C33H42FNO6Si/c1-42(2,3)19-18-40-33(36)35-14-12-29(25-8-10-27(34)11-9-25)31(22-35)41-23-24-20-26-6-4-5-7-28(26)30(21-24)37-15-13-32-38-16-17-39-32/h4-11,20-21,29,31-32H,12-19,22-23H2,1-3H3. The van der Waals surface area contributed by atoms with Gasteiger partial charge in [-0.25, -0.2) is 9.18 Å². The summed E-state index contributed by atoms with van der Waals surface area (Å²) in [7, 11) is -1.31. The highest BCUT2D eigenvalue weighted by molar-refractivity contribution is 6.76. The summed E-state index contributed by atoms with van der Waals surface area (Å²) in [6, 6.07) is 19.8. The lowest BCUT2D eigenvalue weighted by atomic mass is 9.87. The van der Waals surface area contributed by atoms with Crippen molar-refractivity contribution in [2.24, 2.45) is 0 Å². The fraction of sp³-hybridized carbons (Fsp3) is 0.485. The van der Waals surface area contributed by atoms with Gasteiger partial charge in [-0.1, -0.05) is 56.0 Å². The number of rotatable bonds is 11. The molecular formula is C33H42FNO6Si. The Bertz CT molecular complexity index is 1320. The summed E-state index contributed by atoms with van der Waals surface area (Å²) in [5.74, 6) is 0.546. The molecule has 2 aliphatic heterocycles. The summed E-state index contributed by atoms with van der Waals surface area (Å²) in [4.78, 5) is 14.7. The molecule has 9 heteroatoms. The van der Waals surface area contributed by atoms with Gasteiger partial charge in [0.1, 0.15) is 11.6 Å². The molecule has 2 atom stereocenters. The second kappa shape index (κ2) is 14.0. The Hall–Kier alpha value is -2.98. The third-order valence-electron chi connectivity index (χ3n) is 7.84. The highest BCUT2D eigenvalue weighted by atomic mass is 28.3. The summed E-state index contributed by atoms with van der Waals surface area (Å²) in [5.41, 5.74) is 1.98. The van der Waals surface area contributed by atoms with Crippen LogP contribution in [0.25, 0.3) is 10.8 Å². The van der Waals surface area contributed by atoms with Gasteiger partial charge in [-0.05, 0) is 53.2 Å². The van der Waals surface area contributed by atoms with Crippen molar-refractivity contribution < 1.29 is 32.9 Å². The fourth-order valence-corrected chi connectivity index (χ4v) is 6.17. The van der Waals surface area contributed by atoms with Gasteiger partial charge >= 0.3 is 6.09 Å². The van der Waals surface area contributed by atoms with Crippen molar-refractivity contribution in [1.29, 1.82) is 0 Å². The number of amides is 1. The Morgan fingerprint density at radius 1 is 1.02 bits per heavy atom. The topological polar surface area (TPSA) is 66.5 Å². The molecule has 0 saturated carbocycles. The number of carbonyl (C=O) groups is 1. The number of carbonyl (C=O) groups excluding carboxylic acids is 1. The molecule has 1 amide bonds. The van der Waals surface area contributed by atoms with Crippen LogP contribution in [0.15, 0.2) is 60.7 Å². The summed E-state index contributed by atoms with van der Waals surface area (Å²) in [6.45, 7) is 10.3. The van der Waals surface area contributed by atoms with Crippen LogP contribution < -0.4 is 4.74 Å². The van der Waals surface area contributed by atoms with Gasteiger partial charge in [0.25, 0.3) is 0 Å². The van der Waals surface area contributed by atoms with Crippen LogP contribution in [0.1, 0.15) is 29.9 Å². The van der Waals surface area contributed by atoms with Gasteiger partial charge in [-0.2, -0.15) is 0 Å². The minimum absolute atomic E-state index is 0.0271. The quantitative estimate of drug-likeness (QED) is 0.223. The lowest BCUT2D eigenvalue weighted by Crippen LogP contribution is -2.47. The molecular weight excluding hydrogens is 553 g/mol. The molecule has 2 unspecified atom stereocenters. The number of piperidine rings is 1. The van der Waals surface area contributed by atoms with E-state index < -0.39 is 8.07 Å². The van der Waals surface area contributed by atoms with Gasteiger partial charge in [0.15, 0.2) is 6.29 Å². The van der Waals surface area contributed by atoms with E-state index in [0.717, 1.165) is 33.7 Å². The average molecular weight is 596 g/mol. The van der Waals surface area contributed by atoms with E-state index in [1.807, 2.05) is 30.3 Å². The van der Waals surface area contributed by atoms with Crippen molar-refractivity contribution in [2.75, 3.05) is 39.5 Å². The van der Waals surface area contributed by atoms with E-state index in [2.05, 4.69) is 37.8 Å². The molecule has 2 aliphatic rings. The maximum atomic E-state index is 13.7. The molecule has 2 saturated heterocycles. The van der Waals surface area contributed by atoms with E-state index in [4.69, 9.17) is 23.7 Å². The van der Waals surface area contributed by atoms with Gasteiger partial charge in [0.2, 0.25) is 0 Å². The highest BCUT2D eigenvalue weighted by Gasteiger charge is 2.34. The average Bonchev–Trinajstić information content (AvgIpc) is 3.49. The van der Waals surface area contributed by atoms with Crippen LogP contribution in [0, 0.1) is 5.82 Å². The van der Waals surface area contributed by atoms with Crippen LogP contribution in [0.5, 0.6) is 5.75 Å². The summed E-state index contributed by atoms with van der Waals surface area (Å²) >= 11 is 0. The number of fused-ring (bicyclic) bond motifs is 1. The number of ether oxygens (including phenoxy) is 5. The lowest BCUT2D eigenvalue weighted by molar-refractivity contribution is -0.0531. The molecule has 0 bridgehead atoms. The zero-order chi connectivity index (χ0) is 29.5. The van der Waals surface area contributed by atoms with Crippen molar-refractivity contribution in [1.82, 2.24) is 4.90 Å². The molecule has 2 fully saturated rings. The third kappa shape index (κ3) is 8.31. The first-order valence-corrected chi connectivity index (χ1v) is 18.6. The Kier molecular flexibility index (Phi) is 10.2. The predicted octanol–water partition coefficient (Wildman–Crippen LogP) is 6.97. The molecule has 0 spiro atoms. The summed E-state index contributed by atoms with van der Waals surface area (Å²) < 4.78 is 43.2. The van der Waals surface area contributed by atoms with E-state index in [1.165, 1.54) is 12.1 Å². The molecule has 226 valence electrons. The molecule has 0 radical (unpaired) electrons. The number of likely N-dealkylation sites (tertiary alicyclic amines) is 1. The maximum absolute atomic E-state index is 13.7. The molecule has 7 nitrogen and oxygen atoms in total. The summed E-state index contributed by atoms with van der Waals surface area (Å²) in [6.07, 6.45) is 0.567. The highest BCUT2D eigenvalue weighted by Crippen LogP contribution is 2.33. The number of benzene rings is 3. The Morgan fingerprint density at radius 2 is 1.79 bits per heavy atom. The van der Waals surface area contributed by atoms with Crippen LogP contribution in [0.3, 0.4) is 0 Å². The number of halogens is 1. The molecule has 3 aromatic carbocycles. The second-order valence-corrected chi connectivity index (χ2v) is 17.9. The van der Waals surface area contributed by atoms with Crippen LogP contribution in [-0.4, -0.2) is 71.0 Å². The van der Waals surface area contributed by atoms with Crippen molar-refractivity contribution in [3.8, 4) is 5.75 Å². The summed E-state index contributed by atoms with van der Waals surface area (Å²) in [5, 5.41) is 2.09. The van der Waals surface area contributed by atoms with Crippen molar-refractivity contribution in [3.63, 3.8) is 0 Å². The van der Waals surface area contributed by atoms with E-state index in [-0.39, 0.29) is 30.2 Å². The van der Waals surface area contributed by atoms with E-state index in [1.54, 1.807) is 4.90 Å². The smallest absolute Gasteiger partial charge is 0.409 e. The first-order valence-electron chi connectivity index (χ1n) is 14.9. The largest absolute Gasteiger partial charge is 0.493 e. The number of hydrogen-bond acceptors (Lipinski definition) is 6. The maximum Gasteiger partial charge on any atom is 0.409 e. The monoisotopic (exact) mass is 595 g/mol. The van der Waals surface area contributed by atoms with Crippen molar-refractivity contribution >= 4 is 24.9 Å². The first-order chi connectivity index (χ1) is 20.2. The molecule has 5 rings (SSSR count). The molecule has 42 heavy (non-hydrogen) atoms. The van der Waals surface area contributed by atoms with E-state index in [0.29, 0.717) is 59.0 Å². The van der Waals surface area contributed by atoms with Gasteiger partial charge in [0.05, 0.1) is 45.7 Å². The van der Waals surface area contributed by atoms with Gasteiger partial charge in [-0.3, -0.25) is 0 Å². The van der Waals surface area contributed by atoms with Crippen LogP contribution in [-0.2, 0) is 25.6 Å². The zero-order valence-electron chi connectivity index (χ0n) is 24.9. The number of nitrogens with zero attached hydrogens (tertiary/aromatic N) is 1. The fourth-order valence-electron chi connectivity index (χ4n) is 5.46. The first kappa shape index (κ1) is 30.5. The molecule has 3 aromatic rings. The van der Waals surface area contributed by atoms with E-state index in [9.17, 15) is 9.18 Å². The van der Waals surface area contributed by atoms with Gasteiger partial charge in [-0.15, -0.1) is 0 Å². The third-order valence-corrected chi connectivity index (χ3v) is 9.55. The van der Waals surface area contributed by atoms with Crippen LogP contribution in [0.4, 0.5) is 9.18 Å². The number of hydrogen-bond donors (Lipinski definition) is 0. The van der Waals surface area contributed by atoms with Gasteiger partial charge < -0.3 is 28.6 Å². The van der Waals surface area contributed by atoms with Crippen LogP contribution in [0.2, 0.25) is 25.7 Å². The SMILES string of the molecule is C[Si](C)(C)CCOC(=O)N1CCC(c2ccc(F)cc2)C(OCc2cc(OCCC3OCCO3)c3ccccc3c2)C1. The molecule has 0 aliphatic carbocycles. The Balaban J connectivity index is 1.29. The zero-order valence-corrected chi connectivity index (χ0v) is 25.9. The minimum atomic E-state index is -1.31. The van der Waals surface area contributed by atoms with Gasteiger partial charge in [0, 0.05) is 32.3 Å². The molecule has 0 aromatic heterocycles. The normalized spacial score (nSPS) is 19.8. The Morgan fingerprint density at radius 3 is 2.55 bits per heavy atom. The lowest BCUT2D eigenvalue weighted by Gasteiger charge is -2.38. The Labute approximate surface area is 248 Å². The van der Waals surface area contributed by atoms with Crippen molar-refractivity contribution in [2.45, 2.75) is 63.4 Å². The second-order valence-electron chi connectivity index (χ2n) is 12.3. The molecule has 0 N–H and O–H groups in total. The molecule has 2 heterocycles. The van der Waals surface area contributed by atoms with Crippen LogP contribution >= 0.6 is 0 Å². The predicted molar refractivity (Wildman–Crippen MR) is 163 cm³/mol.